The van der Waals surface area contributed by atoms with Gasteiger partial charge < -0.3 is 9.47 Å². The van der Waals surface area contributed by atoms with Crippen LogP contribution in [0.1, 0.15) is 5.56 Å². The van der Waals surface area contributed by atoms with Gasteiger partial charge in [-0.3, -0.25) is 0 Å². The molecule has 0 saturated heterocycles. The molecule has 1 aromatic carbocycles. The topological polar surface area (TPSA) is 18.5 Å². The van der Waals surface area contributed by atoms with Gasteiger partial charge in [-0.05, 0) is 6.07 Å². The van der Waals surface area contributed by atoms with E-state index in [1.807, 2.05) is 24.3 Å². The minimum Gasteiger partial charge on any atom is -0.489 e. The van der Waals surface area contributed by atoms with Crippen molar-refractivity contribution in [3.8, 4) is 5.75 Å². The maximum absolute atomic E-state index is 5.43. The Hall–Kier alpha value is -1.54. The standard InChI is InChI=1S/C13H14O2/c1-3-9-14-11-12-7-5-6-8-13(12)15-10-4-2/h3-8H,1-2,9-10H2. The SMILES string of the molecule is C=CCO[C]c1ccccc1OCC=C. The van der Waals surface area contributed by atoms with Crippen molar-refractivity contribution in [2.24, 2.45) is 0 Å². The minimum atomic E-state index is 0.440. The molecule has 0 fully saturated rings. The van der Waals surface area contributed by atoms with Crippen LogP contribution < -0.4 is 4.74 Å². The summed E-state index contributed by atoms with van der Waals surface area (Å²) in [6.45, 7) is 10.9. The Morgan fingerprint density at radius 2 is 1.87 bits per heavy atom. The molecule has 1 aromatic rings. The van der Waals surface area contributed by atoms with Crippen molar-refractivity contribution >= 4 is 0 Å². The van der Waals surface area contributed by atoms with Crippen LogP contribution in [0.5, 0.6) is 5.75 Å². The van der Waals surface area contributed by atoms with Gasteiger partial charge in [-0.15, -0.1) is 6.58 Å². The quantitative estimate of drug-likeness (QED) is 0.500. The first-order valence-corrected chi connectivity index (χ1v) is 4.70. The molecular weight excluding hydrogens is 188 g/mol. The molecule has 0 aliphatic heterocycles. The summed E-state index contributed by atoms with van der Waals surface area (Å²) in [4.78, 5) is 0. The second-order valence-corrected chi connectivity index (χ2v) is 2.80. The van der Waals surface area contributed by atoms with Crippen molar-refractivity contribution in [1.82, 2.24) is 0 Å². The second-order valence-electron chi connectivity index (χ2n) is 2.80. The van der Waals surface area contributed by atoms with Crippen molar-refractivity contribution in [3.05, 3.63) is 61.7 Å². The number of hydrogen-bond donors (Lipinski definition) is 0. The molecule has 0 aliphatic rings. The molecule has 0 atom stereocenters. The van der Waals surface area contributed by atoms with Crippen LogP contribution in [0.3, 0.4) is 0 Å². The van der Waals surface area contributed by atoms with Crippen LogP contribution in [0.15, 0.2) is 49.6 Å². The van der Waals surface area contributed by atoms with Crippen molar-refractivity contribution < 1.29 is 9.47 Å². The molecule has 0 saturated carbocycles. The van der Waals surface area contributed by atoms with E-state index in [4.69, 9.17) is 9.47 Å². The van der Waals surface area contributed by atoms with Crippen LogP contribution in [0.4, 0.5) is 0 Å². The summed E-state index contributed by atoms with van der Waals surface area (Å²) in [5.74, 6) is 0.737. The van der Waals surface area contributed by atoms with E-state index >= 15 is 0 Å². The normalized spacial score (nSPS) is 9.60. The first kappa shape index (κ1) is 11.5. The van der Waals surface area contributed by atoms with Gasteiger partial charge in [-0.2, -0.15) is 0 Å². The predicted molar refractivity (Wildman–Crippen MR) is 60.6 cm³/mol. The van der Waals surface area contributed by atoms with E-state index in [1.165, 1.54) is 0 Å². The molecular formula is C13H14O2. The van der Waals surface area contributed by atoms with Crippen molar-refractivity contribution in [2.75, 3.05) is 13.2 Å². The molecule has 2 radical (unpaired) electrons. The Bertz CT molecular complexity index is 318. The minimum absolute atomic E-state index is 0.440. The molecule has 2 heteroatoms. The van der Waals surface area contributed by atoms with Crippen molar-refractivity contribution in [3.63, 3.8) is 0 Å². The van der Waals surface area contributed by atoms with Crippen LogP contribution in [0, 0.1) is 6.61 Å². The highest BCUT2D eigenvalue weighted by Gasteiger charge is 2.03. The summed E-state index contributed by atoms with van der Waals surface area (Å²) in [5, 5.41) is 0. The van der Waals surface area contributed by atoms with Gasteiger partial charge in [-0.25, -0.2) is 0 Å². The average Bonchev–Trinajstić information content (AvgIpc) is 2.28. The molecule has 0 amide bonds. The highest BCUT2D eigenvalue weighted by Crippen LogP contribution is 2.19. The van der Waals surface area contributed by atoms with E-state index in [1.54, 1.807) is 12.2 Å². The molecule has 0 N–H and O–H groups in total. The van der Waals surface area contributed by atoms with E-state index in [-0.39, 0.29) is 0 Å². The zero-order chi connectivity index (χ0) is 10.9. The van der Waals surface area contributed by atoms with E-state index < -0.39 is 0 Å². The Labute approximate surface area is 90.8 Å². The summed E-state index contributed by atoms with van der Waals surface area (Å²) < 4.78 is 10.5. The van der Waals surface area contributed by atoms with E-state index in [0.29, 0.717) is 13.2 Å². The highest BCUT2D eigenvalue weighted by atomic mass is 16.5. The molecule has 15 heavy (non-hydrogen) atoms. The lowest BCUT2D eigenvalue weighted by Crippen LogP contribution is -1.98. The zero-order valence-electron chi connectivity index (χ0n) is 8.61. The van der Waals surface area contributed by atoms with Gasteiger partial charge in [0.1, 0.15) is 12.4 Å². The predicted octanol–water partition coefficient (Wildman–Crippen LogP) is 2.84. The third kappa shape index (κ3) is 4.00. The number of rotatable bonds is 7. The fourth-order valence-corrected chi connectivity index (χ4v) is 1.00. The van der Waals surface area contributed by atoms with E-state index in [2.05, 4.69) is 19.8 Å². The molecule has 78 valence electrons. The molecule has 0 bridgehead atoms. The summed E-state index contributed by atoms with van der Waals surface area (Å²) in [7, 11) is 0. The van der Waals surface area contributed by atoms with Gasteiger partial charge in [0.05, 0.1) is 6.61 Å². The highest BCUT2D eigenvalue weighted by molar-refractivity contribution is 5.37. The van der Waals surface area contributed by atoms with Crippen molar-refractivity contribution in [1.29, 1.82) is 0 Å². The molecule has 0 heterocycles. The summed E-state index contributed by atoms with van der Waals surface area (Å²) in [6.07, 6.45) is 3.36. The third-order valence-corrected chi connectivity index (χ3v) is 1.63. The van der Waals surface area contributed by atoms with Gasteiger partial charge in [0.25, 0.3) is 0 Å². The fourth-order valence-electron chi connectivity index (χ4n) is 1.00. The van der Waals surface area contributed by atoms with Crippen molar-refractivity contribution in [2.45, 2.75) is 0 Å². The maximum atomic E-state index is 5.43. The van der Waals surface area contributed by atoms with Crippen LogP contribution in [0.2, 0.25) is 0 Å². The van der Waals surface area contributed by atoms with Gasteiger partial charge in [0, 0.05) is 5.56 Å². The molecule has 0 aliphatic carbocycles. The smallest absolute Gasteiger partial charge is 0.170 e. The number of benzene rings is 1. The van der Waals surface area contributed by atoms with Gasteiger partial charge in [0.2, 0.25) is 0 Å². The molecule has 0 unspecified atom stereocenters. The van der Waals surface area contributed by atoms with Crippen LogP contribution in [-0.2, 0) is 4.74 Å². The number of hydrogen-bond acceptors (Lipinski definition) is 2. The third-order valence-electron chi connectivity index (χ3n) is 1.63. The first-order chi connectivity index (χ1) is 7.38. The molecule has 0 aromatic heterocycles. The average molecular weight is 202 g/mol. The molecule has 2 nitrogen and oxygen atoms in total. The molecule has 0 spiro atoms. The Balaban J connectivity index is 2.59. The van der Waals surface area contributed by atoms with E-state index in [9.17, 15) is 0 Å². The number of ether oxygens (including phenoxy) is 2. The maximum Gasteiger partial charge on any atom is 0.170 e. The Kier molecular flexibility index (Phi) is 5.26. The summed E-state index contributed by atoms with van der Waals surface area (Å²) >= 11 is 0. The van der Waals surface area contributed by atoms with E-state index in [0.717, 1.165) is 11.3 Å². The van der Waals surface area contributed by atoms with Crippen LogP contribution in [-0.4, -0.2) is 13.2 Å². The first-order valence-electron chi connectivity index (χ1n) is 4.70. The Morgan fingerprint density at radius 3 is 2.60 bits per heavy atom. The fraction of sp³-hybridized carbons (Fsp3) is 0.154. The largest absolute Gasteiger partial charge is 0.489 e. The lowest BCUT2D eigenvalue weighted by molar-refractivity contribution is 0.244. The zero-order valence-corrected chi connectivity index (χ0v) is 8.61. The second kappa shape index (κ2) is 6.85. The van der Waals surface area contributed by atoms with Gasteiger partial charge >= 0.3 is 0 Å². The number of para-hydroxylation sites is 1. The Morgan fingerprint density at radius 1 is 1.13 bits per heavy atom. The summed E-state index contributed by atoms with van der Waals surface area (Å²) in [5.41, 5.74) is 0.793. The lowest BCUT2D eigenvalue weighted by Gasteiger charge is -2.08. The van der Waals surface area contributed by atoms with Crippen LogP contribution >= 0.6 is 0 Å². The van der Waals surface area contributed by atoms with Gasteiger partial charge in [0.15, 0.2) is 6.61 Å². The van der Waals surface area contributed by atoms with Gasteiger partial charge in [-0.1, -0.05) is 36.9 Å². The monoisotopic (exact) mass is 202 g/mol. The lowest BCUT2D eigenvalue weighted by atomic mass is 10.2. The summed E-state index contributed by atoms with van der Waals surface area (Å²) in [6, 6.07) is 7.54. The molecule has 1 rings (SSSR count). The van der Waals surface area contributed by atoms with Crippen LogP contribution in [0.25, 0.3) is 0 Å².